The molecule has 0 spiro atoms. The van der Waals surface area contributed by atoms with Gasteiger partial charge in [-0.3, -0.25) is 4.98 Å². The monoisotopic (exact) mass is 186 g/mol. The molecule has 2 nitrogen and oxygen atoms in total. The van der Waals surface area contributed by atoms with E-state index in [2.05, 4.69) is 4.98 Å². The van der Waals surface area contributed by atoms with Gasteiger partial charge in [0, 0.05) is 12.4 Å². The van der Waals surface area contributed by atoms with Crippen molar-refractivity contribution in [3.63, 3.8) is 0 Å². The molecular weight excluding hydrogens is 174 g/mol. The number of hydrogen-bond donors (Lipinski definition) is 1. The maximum absolute atomic E-state index is 12.1. The van der Waals surface area contributed by atoms with Crippen molar-refractivity contribution in [2.24, 2.45) is 5.73 Å². The molecule has 0 saturated heterocycles. The van der Waals surface area contributed by atoms with Crippen molar-refractivity contribution in [1.29, 1.82) is 0 Å². The Morgan fingerprint density at radius 1 is 1.46 bits per heavy atom. The number of rotatable bonds is 3. The summed E-state index contributed by atoms with van der Waals surface area (Å²) in [5, 5.41) is 0. The van der Waals surface area contributed by atoms with Crippen molar-refractivity contribution in [3.8, 4) is 0 Å². The number of nitrogens with zero attached hydrogens (tertiary/aromatic N) is 1. The molecule has 0 fully saturated rings. The first-order valence-electron chi connectivity index (χ1n) is 4.04. The van der Waals surface area contributed by atoms with Gasteiger partial charge < -0.3 is 5.73 Å². The van der Waals surface area contributed by atoms with E-state index in [-0.39, 0.29) is 6.42 Å². The van der Waals surface area contributed by atoms with Crippen LogP contribution < -0.4 is 5.73 Å². The fraction of sp³-hybridized carbons (Fsp3) is 0.444. The molecule has 1 unspecified atom stereocenters. The summed E-state index contributed by atoms with van der Waals surface area (Å²) in [5.41, 5.74) is 6.94. The summed E-state index contributed by atoms with van der Waals surface area (Å²) in [6, 6.07) is 0.721. The first-order valence-corrected chi connectivity index (χ1v) is 4.04. The molecule has 0 aliphatic carbocycles. The van der Waals surface area contributed by atoms with Crippen LogP contribution in [0.15, 0.2) is 18.5 Å². The zero-order valence-electron chi connectivity index (χ0n) is 7.37. The molecule has 1 heterocycles. The predicted octanol–water partition coefficient (Wildman–Crippen LogP) is 1.52. The van der Waals surface area contributed by atoms with Gasteiger partial charge in [-0.05, 0) is 24.5 Å². The molecule has 0 amide bonds. The minimum atomic E-state index is -2.47. The Labute approximate surface area is 75.8 Å². The Kier molecular flexibility index (Phi) is 3.31. The van der Waals surface area contributed by atoms with Crippen molar-refractivity contribution in [3.05, 3.63) is 29.6 Å². The third kappa shape index (κ3) is 3.06. The maximum atomic E-state index is 12.1. The number of alkyl halides is 2. The number of nitrogens with two attached hydrogens (primary N) is 1. The van der Waals surface area contributed by atoms with E-state index in [1.54, 1.807) is 12.4 Å². The second-order valence-electron chi connectivity index (χ2n) is 3.07. The highest BCUT2D eigenvalue weighted by atomic mass is 19.3. The number of hydrogen-bond acceptors (Lipinski definition) is 2. The van der Waals surface area contributed by atoms with Gasteiger partial charge in [-0.25, -0.2) is 8.78 Å². The molecule has 4 heteroatoms. The van der Waals surface area contributed by atoms with E-state index in [9.17, 15) is 8.78 Å². The first kappa shape index (κ1) is 10.1. The summed E-state index contributed by atoms with van der Waals surface area (Å²) in [6.45, 7) is 1.87. The molecular formula is C9H12F2N2. The fourth-order valence-corrected chi connectivity index (χ4v) is 1.09. The molecule has 2 N–H and O–H groups in total. The van der Waals surface area contributed by atoms with Gasteiger partial charge in [0.2, 0.25) is 0 Å². The lowest BCUT2D eigenvalue weighted by molar-refractivity contribution is 0.116. The van der Waals surface area contributed by atoms with E-state index in [1.807, 2.05) is 13.0 Å². The van der Waals surface area contributed by atoms with E-state index in [0.29, 0.717) is 0 Å². The van der Waals surface area contributed by atoms with Gasteiger partial charge in [0.15, 0.2) is 0 Å². The van der Waals surface area contributed by atoms with Crippen LogP contribution in [0.25, 0.3) is 0 Å². The average Bonchev–Trinajstić information content (AvgIpc) is 2.04. The van der Waals surface area contributed by atoms with Crippen LogP contribution in [0.2, 0.25) is 0 Å². The highest BCUT2D eigenvalue weighted by molar-refractivity contribution is 5.17. The van der Waals surface area contributed by atoms with Crippen molar-refractivity contribution in [1.82, 2.24) is 4.98 Å². The highest BCUT2D eigenvalue weighted by Crippen LogP contribution is 2.08. The Bertz CT molecular complexity index is 276. The molecule has 13 heavy (non-hydrogen) atoms. The highest BCUT2D eigenvalue weighted by Gasteiger charge is 2.15. The van der Waals surface area contributed by atoms with Crippen molar-refractivity contribution >= 4 is 0 Å². The lowest BCUT2D eigenvalue weighted by atomic mass is 10.1. The lowest BCUT2D eigenvalue weighted by Crippen LogP contribution is -2.30. The molecule has 0 aliphatic heterocycles. The molecule has 0 bridgehead atoms. The summed E-state index contributed by atoms with van der Waals surface area (Å²) in [7, 11) is 0. The Morgan fingerprint density at radius 3 is 2.69 bits per heavy atom. The van der Waals surface area contributed by atoms with Crippen molar-refractivity contribution in [2.75, 3.05) is 0 Å². The van der Waals surface area contributed by atoms with E-state index in [0.717, 1.165) is 11.1 Å². The molecule has 1 aromatic rings. The Morgan fingerprint density at radius 2 is 2.15 bits per heavy atom. The maximum Gasteiger partial charge on any atom is 0.253 e. The van der Waals surface area contributed by atoms with Crippen LogP contribution in [0.4, 0.5) is 8.78 Å². The molecule has 0 radical (unpaired) electrons. The minimum absolute atomic E-state index is 0.173. The summed E-state index contributed by atoms with van der Waals surface area (Å²) in [5.74, 6) is 0. The SMILES string of the molecule is Cc1cncc(CC(N)C(F)F)c1. The molecule has 72 valence electrons. The lowest BCUT2D eigenvalue weighted by Gasteiger charge is -2.09. The van der Waals surface area contributed by atoms with Crippen LogP contribution in [0.5, 0.6) is 0 Å². The summed E-state index contributed by atoms with van der Waals surface area (Å²) in [6.07, 6.45) is 0.944. The largest absolute Gasteiger partial charge is 0.323 e. The summed E-state index contributed by atoms with van der Waals surface area (Å²) in [4.78, 5) is 3.90. The van der Waals surface area contributed by atoms with Gasteiger partial charge in [-0.2, -0.15) is 0 Å². The number of aromatic nitrogens is 1. The van der Waals surface area contributed by atoms with Crippen LogP contribution in [-0.4, -0.2) is 17.5 Å². The van der Waals surface area contributed by atoms with Crippen LogP contribution >= 0.6 is 0 Å². The first-order chi connectivity index (χ1) is 6.09. The smallest absolute Gasteiger partial charge is 0.253 e. The molecule has 1 rings (SSSR count). The minimum Gasteiger partial charge on any atom is -0.323 e. The number of pyridine rings is 1. The third-order valence-corrected chi connectivity index (χ3v) is 1.73. The zero-order valence-corrected chi connectivity index (χ0v) is 7.37. The van der Waals surface area contributed by atoms with Crippen LogP contribution in [0.1, 0.15) is 11.1 Å². The second-order valence-corrected chi connectivity index (χ2v) is 3.07. The Hall–Kier alpha value is -1.03. The van der Waals surface area contributed by atoms with E-state index < -0.39 is 12.5 Å². The fourth-order valence-electron chi connectivity index (χ4n) is 1.09. The van der Waals surface area contributed by atoms with Crippen molar-refractivity contribution < 1.29 is 8.78 Å². The molecule has 0 aliphatic rings. The average molecular weight is 186 g/mol. The van der Waals surface area contributed by atoms with Gasteiger partial charge >= 0.3 is 0 Å². The molecule has 1 aromatic heterocycles. The topological polar surface area (TPSA) is 38.9 Å². The predicted molar refractivity (Wildman–Crippen MR) is 46.7 cm³/mol. The molecule has 0 saturated carbocycles. The Balaban J connectivity index is 2.64. The third-order valence-electron chi connectivity index (χ3n) is 1.73. The standard InChI is InChI=1S/C9H12F2N2/c1-6-2-7(5-13-4-6)3-8(12)9(10)11/h2,4-5,8-9H,3,12H2,1H3. The van der Waals surface area contributed by atoms with Gasteiger partial charge in [-0.15, -0.1) is 0 Å². The zero-order chi connectivity index (χ0) is 9.84. The van der Waals surface area contributed by atoms with Crippen LogP contribution in [0, 0.1) is 6.92 Å². The van der Waals surface area contributed by atoms with Gasteiger partial charge in [0.05, 0.1) is 6.04 Å². The number of aryl methyl sites for hydroxylation is 1. The second kappa shape index (κ2) is 4.28. The summed E-state index contributed by atoms with van der Waals surface area (Å²) < 4.78 is 24.1. The molecule has 1 atom stereocenters. The van der Waals surface area contributed by atoms with Crippen LogP contribution in [-0.2, 0) is 6.42 Å². The van der Waals surface area contributed by atoms with E-state index in [4.69, 9.17) is 5.73 Å². The van der Waals surface area contributed by atoms with E-state index >= 15 is 0 Å². The van der Waals surface area contributed by atoms with Gasteiger partial charge in [0.25, 0.3) is 6.43 Å². The van der Waals surface area contributed by atoms with Gasteiger partial charge in [0.1, 0.15) is 0 Å². The van der Waals surface area contributed by atoms with Crippen molar-refractivity contribution in [2.45, 2.75) is 25.8 Å². The summed E-state index contributed by atoms with van der Waals surface area (Å²) >= 11 is 0. The van der Waals surface area contributed by atoms with E-state index in [1.165, 1.54) is 0 Å². The normalized spacial score (nSPS) is 13.3. The number of halogens is 2. The molecule has 0 aromatic carbocycles. The van der Waals surface area contributed by atoms with Crippen LogP contribution in [0.3, 0.4) is 0 Å². The quantitative estimate of drug-likeness (QED) is 0.777. The van der Waals surface area contributed by atoms with Gasteiger partial charge in [-0.1, -0.05) is 6.07 Å².